The molecule has 0 saturated carbocycles. The minimum Gasteiger partial charge on any atom is -0.374 e. The van der Waals surface area contributed by atoms with Gasteiger partial charge in [0.25, 0.3) is 5.91 Å². The van der Waals surface area contributed by atoms with Crippen LogP contribution in [0.2, 0.25) is 0 Å². The van der Waals surface area contributed by atoms with Gasteiger partial charge in [0.1, 0.15) is 5.69 Å². The molecule has 1 unspecified atom stereocenters. The Bertz CT molecular complexity index is 434. The predicted octanol–water partition coefficient (Wildman–Crippen LogP) is -0.708. The van der Waals surface area contributed by atoms with Crippen LogP contribution in [0.3, 0.4) is 0 Å². The van der Waals surface area contributed by atoms with Crippen LogP contribution in [0.4, 0.5) is 0 Å². The monoisotopic (exact) mass is 281 g/mol. The first kappa shape index (κ1) is 15.0. The summed E-state index contributed by atoms with van der Waals surface area (Å²) in [4.78, 5) is 18.4. The Morgan fingerprint density at radius 1 is 1.65 bits per heavy atom. The van der Waals surface area contributed by atoms with E-state index in [9.17, 15) is 4.79 Å². The molecular weight excluding hydrogens is 258 g/mol. The molecule has 0 bridgehead atoms. The van der Waals surface area contributed by atoms with Crippen molar-refractivity contribution in [3.63, 3.8) is 0 Å². The number of aromatic nitrogens is 2. The van der Waals surface area contributed by atoms with Crippen molar-refractivity contribution in [1.82, 2.24) is 19.8 Å². The van der Waals surface area contributed by atoms with Crippen LogP contribution in [-0.2, 0) is 11.3 Å². The molecule has 1 atom stereocenters. The van der Waals surface area contributed by atoms with Crippen LogP contribution in [0.15, 0.2) is 12.5 Å². The van der Waals surface area contributed by atoms with Crippen LogP contribution >= 0.6 is 0 Å². The number of likely N-dealkylation sites (N-methyl/N-ethyl adjacent to an activating group) is 1. The third-order valence-corrected chi connectivity index (χ3v) is 3.41. The van der Waals surface area contributed by atoms with E-state index in [-0.39, 0.29) is 12.0 Å². The standard InChI is InChI=1S/C13H23N5O2/c1-2-17-5-6-20-11(8-17)7-15-13(19)12-9-18(4-3-14)10-16-12/h9-11H,2-8,14H2,1H3,(H,15,19). The topological polar surface area (TPSA) is 85.4 Å². The van der Waals surface area contributed by atoms with Crippen molar-refractivity contribution in [2.75, 3.05) is 39.3 Å². The maximum Gasteiger partial charge on any atom is 0.271 e. The summed E-state index contributed by atoms with van der Waals surface area (Å²) in [6.07, 6.45) is 3.39. The fourth-order valence-corrected chi connectivity index (χ4v) is 2.24. The summed E-state index contributed by atoms with van der Waals surface area (Å²) in [5.41, 5.74) is 5.88. The van der Waals surface area contributed by atoms with Crippen LogP contribution < -0.4 is 11.1 Å². The lowest BCUT2D eigenvalue weighted by atomic mass is 10.2. The van der Waals surface area contributed by atoms with Crippen LogP contribution in [-0.4, -0.2) is 65.8 Å². The molecule has 0 spiro atoms. The van der Waals surface area contributed by atoms with E-state index >= 15 is 0 Å². The van der Waals surface area contributed by atoms with E-state index in [0.717, 1.165) is 26.2 Å². The number of carbonyl (C=O) groups is 1. The van der Waals surface area contributed by atoms with Gasteiger partial charge in [-0.1, -0.05) is 6.92 Å². The van der Waals surface area contributed by atoms with Gasteiger partial charge in [0.05, 0.1) is 19.0 Å². The molecule has 1 aliphatic rings. The second-order valence-corrected chi connectivity index (χ2v) is 4.88. The summed E-state index contributed by atoms with van der Waals surface area (Å²) < 4.78 is 7.45. The molecule has 20 heavy (non-hydrogen) atoms. The van der Waals surface area contributed by atoms with Gasteiger partial charge in [-0.05, 0) is 6.54 Å². The van der Waals surface area contributed by atoms with Gasteiger partial charge in [0.15, 0.2) is 0 Å². The van der Waals surface area contributed by atoms with Gasteiger partial charge in [-0.2, -0.15) is 0 Å². The van der Waals surface area contributed by atoms with Crippen molar-refractivity contribution in [1.29, 1.82) is 0 Å². The molecule has 2 heterocycles. The van der Waals surface area contributed by atoms with Crippen molar-refractivity contribution < 1.29 is 9.53 Å². The number of morpholine rings is 1. The van der Waals surface area contributed by atoms with E-state index in [1.807, 2.05) is 4.57 Å². The number of imidazole rings is 1. The molecule has 112 valence electrons. The highest BCUT2D eigenvalue weighted by Crippen LogP contribution is 2.04. The number of ether oxygens (including phenoxy) is 1. The summed E-state index contributed by atoms with van der Waals surface area (Å²) >= 11 is 0. The normalized spacial score (nSPS) is 20.0. The number of hydrogen-bond acceptors (Lipinski definition) is 5. The first-order valence-corrected chi connectivity index (χ1v) is 7.07. The van der Waals surface area contributed by atoms with Crippen LogP contribution in [0.25, 0.3) is 0 Å². The lowest BCUT2D eigenvalue weighted by Gasteiger charge is -2.32. The van der Waals surface area contributed by atoms with Crippen molar-refractivity contribution >= 4 is 5.91 Å². The Morgan fingerprint density at radius 3 is 3.25 bits per heavy atom. The number of hydrogen-bond donors (Lipinski definition) is 2. The van der Waals surface area contributed by atoms with Crippen molar-refractivity contribution in [2.24, 2.45) is 5.73 Å². The van der Waals surface area contributed by atoms with Gasteiger partial charge in [0, 0.05) is 38.9 Å². The fourth-order valence-electron chi connectivity index (χ4n) is 2.24. The smallest absolute Gasteiger partial charge is 0.271 e. The third-order valence-electron chi connectivity index (χ3n) is 3.41. The lowest BCUT2D eigenvalue weighted by molar-refractivity contribution is -0.0246. The zero-order valence-corrected chi connectivity index (χ0v) is 11.9. The summed E-state index contributed by atoms with van der Waals surface area (Å²) in [7, 11) is 0. The van der Waals surface area contributed by atoms with Gasteiger partial charge >= 0.3 is 0 Å². The molecule has 1 aromatic rings. The van der Waals surface area contributed by atoms with Crippen molar-refractivity contribution in [3.8, 4) is 0 Å². The number of amides is 1. The second kappa shape index (κ2) is 7.37. The quantitative estimate of drug-likeness (QED) is 0.719. The molecule has 0 aliphatic carbocycles. The minimum absolute atomic E-state index is 0.0544. The van der Waals surface area contributed by atoms with Gasteiger partial charge < -0.3 is 20.4 Å². The maximum atomic E-state index is 12.0. The van der Waals surface area contributed by atoms with E-state index in [1.165, 1.54) is 0 Å². The molecule has 7 nitrogen and oxygen atoms in total. The Balaban J connectivity index is 1.79. The summed E-state index contributed by atoms with van der Waals surface area (Å²) in [5, 5.41) is 2.87. The molecule has 3 N–H and O–H groups in total. The molecule has 0 radical (unpaired) electrons. The van der Waals surface area contributed by atoms with Gasteiger partial charge in [-0.3, -0.25) is 9.69 Å². The number of rotatable bonds is 6. The van der Waals surface area contributed by atoms with E-state index in [1.54, 1.807) is 12.5 Å². The van der Waals surface area contributed by atoms with Crippen LogP contribution in [0.1, 0.15) is 17.4 Å². The van der Waals surface area contributed by atoms with E-state index in [4.69, 9.17) is 10.5 Å². The Kier molecular flexibility index (Phi) is 5.51. The highest BCUT2D eigenvalue weighted by atomic mass is 16.5. The molecule has 1 fully saturated rings. The van der Waals surface area contributed by atoms with Gasteiger partial charge in [0.2, 0.25) is 0 Å². The predicted molar refractivity (Wildman–Crippen MR) is 75.5 cm³/mol. The third kappa shape index (κ3) is 4.03. The average Bonchev–Trinajstić information content (AvgIpc) is 2.94. The molecular formula is C13H23N5O2. The van der Waals surface area contributed by atoms with E-state index < -0.39 is 0 Å². The number of nitrogens with zero attached hydrogens (tertiary/aromatic N) is 3. The fraction of sp³-hybridized carbons (Fsp3) is 0.692. The Labute approximate surface area is 119 Å². The highest BCUT2D eigenvalue weighted by molar-refractivity contribution is 5.92. The molecule has 0 aromatic carbocycles. The Morgan fingerprint density at radius 2 is 2.50 bits per heavy atom. The van der Waals surface area contributed by atoms with Crippen LogP contribution in [0, 0.1) is 0 Å². The van der Waals surface area contributed by atoms with E-state index in [2.05, 4.69) is 22.1 Å². The second-order valence-electron chi connectivity index (χ2n) is 4.88. The molecule has 1 saturated heterocycles. The zero-order valence-electron chi connectivity index (χ0n) is 11.9. The van der Waals surface area contributed by atoms with Gasteiger partial charge in [-0.25, -0.2) is 4.98 Å². The van der Waals surface area contributed by atoms with Crippen molar-refractivity contribution in [3.05, 3.63) is 18.2 Å². The highest BCUT2D eigenvalue weighted by Gasteiger charge is 2.20. The largest absolute Gasteiger partial charge is 0.374 e. The lowest BCUT2D eigenvalue weighted by Crippen LogP contribution is -2.47. The van der Waals surface area contributed by atoms with Crippen LogP contribution in [0.5, 0.6) is 0 Å². The first-order chi connectivity index (χ1) is 9.72. The summed E-state index contributed by atoms with van der Waals surface area (Å²) in [5.74, 6) is -0.169. The molecule has 2 rings (SSSR count). The van der Waals surface area contributed by atoms with E-state index in [0.29, 0.717) is 25.3 Å². The number of nitrogens with one attached hydrogen (secondary N) is 1. The number of nitrogens with two attached hydrogens (primary N) is 1. The SMILES string of the molecule is CCN1CCOC(CNC(=O)c2cn(CCN)cn2)C1. The zero-order chi connectivity index (χ0) is 14.4. The average molecular weight is 281 g/mol. The molecule has 1 aromatic heterocycles. The molecule has 7 heteroatoms. The number of carbonyl (C=O) groups excluding carboxylic acids is 1. The Hall–Kier alpha value is -1.44. The maximum absolute atomic E-state index is 12.0. The summed E-state index contributed by atoms with van der Waals surface area (Å²) in [6, 6.07) is 0. The molecule has 1 aliphatic heterocycles. The van der Waals surface area contributed by atoms with Crippen molar-refractivity contribution in [2.45, 2.75) is 19.6 Å². The first-order valence-electron chi connectivity index (χ1n) is 7.07. The molecule has 1 amide bonds. The minimum atomic E-state index is -0.169. The van der Waals surface area contributed by atoms with Gasteiger partial charge in [-0.15, -0.1) is 0 Å². The summed E-state index contributed by atoms with van der Waals surface area (Å²) in [6.45, 7) is 7.39.